The van der Waals surface area contributed by atoms with Crippen LogP contribution in [0.3, 0.4) is 0 Å². The lowest BCUT2D eigenvalue weighted by atomic mass is 9.95. The summed E-state index contributed by atoms with van der Waals surface area (Å²) in [5, 5.41) is 11.1. The normalized spacial score (nSPS) is 17.9. The third-order valence-electron chi connectivity index (χ3n) is 5.22. The van der Waals surface area contributed by atoms with Gasteiger partial charge in [-0.05, 0) is 67.4 Å². The number of aliphatic hydroxyl groups is 1. The van der Waals surface area contributed by atoms with E-state index in [1.165, 1.54) is 11.2 Å². The Kier molecular flexibility index (Phi) is 5.58. The van der Waals surface area contributed by atoms with Crippen LogP contribution in [0, 0.1) is 6.92 Å². The molecule has 1 aliphatic heterocycles. The number of carbonyl (C=O) groups excluding carboxylic acids is 2. The molecule has 1 aliphatic rings. The average molecular weight is 418 g/mol. The highest BCUT2D eigenvalue weighted by Crippen LogP contribution is 2.40. The average Bonchev–Trinajstić information content (AvgIpc) is 3.38. The molecule has 1 aromatic carbocycles. The minimum absolute atomic E-state index is 0.0336. The van der Waals surface area contributed by atoms with Gasteiger partial charge in [-0.1, -0.05) is 0 Å². The van der Waals surface area contributed by atoms with Crippen molar-refractivity contribution >= 4 is 17.4 Å². The number of rotatable bonds is 6. The number of ether oxygens (including phenoxy) is 1. The second-order valence-corrected chi connectivity index (χ2v) is 7.20. The van der Waals surface area contributed by atoms with E-state index in [1.54, 1.807) is 54.9 Å². The molecule has 31 heavy (non-hydrogen) atoms. The van der Waals surface area contributed by atoms with Gasteiger partial charge in [0, 0.05) is 18.0 Å². The molecule has 1 saturated heterocycles. The molecule has 1 unspecified atom stereocenters. The van der Waals surface area contributed by atoms with Crippen molar-refractivity contribution in [3.05, 3.63) is 89.1 Å². The summed E-state index contributed by atoms with van der Waals surface area (Å²) < 4.78 is 10.9. The number of aromatic nitrogens is 1. The maximum atomic E-state index is 13.0. The van der Waals surface area contributed by atoms with Crippen LogP contribution in [0.25, 0.3) is 5.76 Å². The Bertz CT molecular complexity index is 1140. The first-order valence-corrected chi connectivity index (χ1v) is 9.95. The third-order valence-corrected chi connectivity index (χ3v) is 5.22. The molecule has 1 amide bonds. The van der Waals surface area contributed by atoms with Crippen LogP contribution in [0.1, 0.15) is 35.4 Å². The minimum Gasteiger partial charge on any atom is -0.507 e. The quantitative estimate of drug-likeness (QED) is 0.369. The highest BCUT2D eigenvalue weighted by Gasteiger charge is 2.46. The van der Waals surface area contributed by atoms with Crippen molar-refractivity contribution in [1.29, 1.82) is 0 Å². The number of pyridine rings is 1. The van der Waals surface area contributed by atoms with E-state index in [1.807, 2.05) is 13.8 Å². The number of furan rings is 1. The Hall–Kier alpha value is -3.87. The van der Waals surface area contributed by atoms with Gasteiger partial charge in [-0.15, -0.1) is 0 Å². The van der Waals surface area contributed by atoms with E-state index in [-0.39, 0.29) is 17.9 Å². The number of aryl methyl sites for hydroxylation is 1. The predicted molar refractivity (Wildman–Crippen MR) is 113 cm³/mol. The molecule has 1 atom stereocenters. The first-order chi connectivity index (χ1) is 15.0. The van der Waals surface area contributed by atoms with Crippen LogP contribution in [-0.4, -0.2) is 33.3 Å². The molecule has 1 N–H and O–H groups in total. The summed E-state index contributed by atoms with van der Waals surface area (Å²) in [6.07, 6.45) is 4.68. The van der Waals surface area contributed by atoms with Gasteiger partial charge in [0.2, 0.25) is 0 Å². The Balaban J connectivity index is 1.83. The molecule has 4 rings (SSSR count). The first-order valence-electron chi connectivity index (χ1n) is 9.95. The van der Waals surface area contributed by atoms with Crippen LogP contribution < -0.4 is 4.74 Å². The molecule has 158 valence electrons. The lowest BCUT2D eigenvalue weighted by Gasteiger charge is -2.24. The van der Waals surface area contributed by atoms with Crippen molar-refractivity contribution in [3.63, 3.8) is 0 Å². The van der Waals surface area contributed by atoms with Gasteiger partial charge < -0.3 is 19.2 Å². The second kappa shape index (κ2) is 8.47. The van der Waals surface area contributed by atoms with Crippen molar-refractivity contribution in [2.75, 3.05) is 6.61 Å². The topological polar surface area (TPSA) is 92.9 Å². The molecule has 0 bridgehead atoms. The van der Waals surface area contributed by atoms with E-state index in [9.17, 15) is 14.7 Å². The highest BCUT2D eigenvalue weighted by molar-refractivity contribution is 6.46. The SMILES string of the molecule is CCOc1ccc(/C(O)=C2/C(=O)C(=O)N(Cc3ccco3)C2c2ccncc2)cc1C. The minimum atomic E-state index is -0.764. The summed E-state index contributed by atoms with van der Waals surface area (Å²) in [4.78, 5) is 31.4. The van der Waals surface area contributed by atoms with Gasteiger partial charge in [0.1, 0.15) is 17.3 Å². The maximum absolute atomic E-state index is 13.0. The Morgan fingerprint density at radius 3 is 2.61 bits per heavy atom. The van der Waals surface area contributed by atoms with E-state index in [2.05, 4.69) is 4.98 Å². The molecule has 1 fully saturated rings. The van der Waals surface area contributed by atoms with Crippen molar-refractivity contribution in [1.82, 2.24) is 9.88 Å². The Morgan fingerprint density at radius 1 is 1.19 bits per heavy atom. The van der Waals surface area contributed by atoms with Gasteiger partial charge in [-0.3, -0.25) is 14.6 Å². The van der Waals surface area contributed by atoms with Gasteiger partial charge in [0.15, 0.2) is 0 Å². The first kappa shape index (κ1) is 20.4. The van der Waals surface area contributed by atoms with E-state index in [4.69, 9.17) is 9.15 Å². The van der Waals surface area contributed by atoms with Crippen molar-refractivity contribution in [2.45, 2.75) is 26.4 Å². The van der Waals surface area contributed by atoms with E-state index >= 15 is 0 Å². The number of ketones is 1. The number of hydrogen-bond donors (Lipinski definition) is 1. The molecule has 7 heteroatoms. The van der Waals surface area contributed by atoms with Crippen molar-refractivity contribution in [2.24, 2.45) is 0 Å². The Labute approximate surface area is 179 Å². The molecule has 3 heterocycles. The second-order valence-electron chi connectivity index (χ2n) is 7.20. The standard InChI is InChI=1S/C24H22N2O5/c1-3-30-19-7-6-17(13-15(19)2)22(27)20-21(16-8-10-25-11-9-16)26(24(29)23(20)28)14-18-5-4-12-31-18/h4-13,21,27H,3,14H2,1-2H3/b22-20-. The molecular formula is C24H22N2O5. The zero-order valence-corrected chi connectivity index (χ0v) is 17.2. The summed E-state index contributed by atoms with van der Waals surface area (Å²) in [6.45, 7) is 4.37. The summed E-state index contributed by atoms with van der Waals surface area (Å²) in [7, 11) is 0. The fourth-order valence-corrected chi connectivity index (χ4v) is 3.78. The number of aliphatic hydroxyl groups excluding tert-OH is 1. The van der Waals surface area contributed by atoms with Crippen molar-refractivity contribution in [3.8, 4) is 5.75 Å². The molecule has 3 aromatic rings. The molecule has 7 nitrogen and oxygen atoms in total. The Morgan fingerprint density at radius 2 is 1.97 bits per heavy atom. The van der Waals surface area contributed by atoms with Gasteiger partial charge in [0.05, 0.1) is 31.0 Å². The maximum Gasteiger partial charge on any atom is 0.296 e. The third kappa shape index (κ3) is 3.82. The van der Waals surface area contributed by atoms with Gasteiger partial charge >= 0.3 is 0 Å². The lowest BCUT2D eigenvalue weighted by molar-refractivity contribution is -0.140. The van der Waals surface area contributed by atoms with E-state index in [0.717, 1.165) is 5.56 Å². The smallest absolute Gasteiger partial charge is 0.296 e. The van der Waals surface area contributed by atoms with Crippen molar-refractivity contribution < 1.29 is 23.8 Å². The van der Waals surface area contributed by atoms with Gasteiger partial charge in [0.25, 0.3) is 11.7 Å². The van der Waals surface area contributed by atoms with Crippen LogP contribution in [0.4, 0.5) is 0 Å². The van der Waals surface area contributed by atoms with Crippen LogP contribution >= 0.6 is 0 Å². The predicted octanol–water partition coefficient (Wildman–Crippen LogP) is 4.00. The zero-order chi connectivity index (χ0) is 22.0. The van der Waals surface area contributed by atoms with Crippen LogP contribution in [0.2, 0.25) is 0 Å². The number of Topliss-reactive ketones (excluding diaryl/α,β-unsaturated/α-hetero) is 1. The molecule has 0 spiro atoms. The number of amides is 1. The summed E-state index contributed by atoms with van der Waals surface area (Å²) in [6, 6.07) is 11.3. The fraction of sp³-hybridized carbons (Fsp3) is 0.208. The molecule has 2 aromatic heterocycles. The van der Waals surface area contributed by atoms with Gasteiger partial charge in [-0.25, -0.2) is 0 Å². The molecule has 0 saturated carbocycles. The number of carbonyl (C=O) groups is 2. The number of hydrogen-bond acceptors (Lipinski definition) is 6. The number of likely N-dealkylation sites (tertiary alicyclic amines) is 1. The van der Waals surface area contributed by atoms with Crippen LogP contribution in [0.5, 0.6) is 5.75 Å². The van der Waals surface area contributed by atoms with Crippen LogP contribution in [-0.2, 0) is 16.1 Å². The molecular weight excluding hydrogens is 396 g/mol. The largest absolute Gasteiger partial charge is 0.507 e. The zero-order valence-electron chi connectivity index (χ0n) is 17.2. The van der Waals surface area contributed by atoms with Gasteiger partial charge in [-0.2, -0.15) is 0 Å². The lowest BCUT2D eigenvalue weighted by Crippen LogP contribution is -2.29. The molecule has 0 radical (unpaired) electrons. The highest BCUT2D eigenvalue weighted by atomic mass is 16.5. The summed E-state index contributed by atoms with van der Waals surface area (Å²) in [5.41, 5.74) is 1.96. The summed E-state index contributed by atoms with van der Waals surface area (Å²) in [5.74, 6) is -0.422. The van der Waals surface area contributed by atoms with E-state index in [0.29, 0.717) is 29.2 Å². The monoisotopic (exact) mass is 418 g/mol. The number of benzene rings is 1. The fourth-order valence-electron chi connectivity index (χ4n) is 3.78. The van der Waals surface area contributed by atoms with E-state index < -0.39 is 17.7 Å². The molecule has 0 aliphatic carbocycles. The number of nitrogens with zero attached hydrogens (tertiary/aromatic N) is 2. The summed E-state index contributed by atoms with van der Waals surface area (Å²) >= 11 is 0. The van der Waals surface area contributed by atoms with Crippen LogP contribution in [0.15, 0.2) is 71.1 Å².